The first-order chi connectivity index (χ1) is 9.47. The van der Waals surface area contributed by atoms with Crippen molar-refractivity contribution >= 4 is 34.6 Å². The Morgan fingerprint density at radius 1 is 1.35 bits per heavy atom. The van der Waals surface area contributed by atoms with E-state index in [0.29, 0.717) is 17.3 Å². The van der Waals surface area contributed by atoms with Gasteiger partial charge in [-0.25, -0.2) is 4.39 Å². The fraction of sp³-hybridized carbons (Fsp3) is 0.214. The summed E-state index contributed by atoms with van der Waals surface area (Å²) in [5, 5.41) is 6.59. The molecular weight excluding hydrogens is 297 g/mol. The van der Waals surface area contributed by atoms with Crippen LogP contribution in [-0.4, -0.2) is 9.68 Å². The number of benzene rings is 1. The average molecular weight is 312 g/mol. The van der Waals surface area contributed by atoms with E-state index in [1.165, 1.54) is 17.8 Å². The van der Waals surface area contributed by atoms with Gasteiger partial charge in [0.1, 0.15) is 5.82 Å². The molecule has 2 N–H and O–H groups in total. The van der Waals surface area contributed by atoms with Crippen molar-refractivity contribution in [2.45, 2.75) is 13.5 Å². The molecule has 0 amide bonds. The minimum absolute atomic E-state index is 0.0656. The molecule has 0 bridgehead atoms. The number of aryl methyl sites for hydroxylation is 1. The molecule has 1 aromatic carbocycles. The average Bonchev–Trinajstić information content (AvgIpc) is 2.72. The molecule has 2 rings (SSSR count). The molecule has 0 unspecified atom stereocenters. The summed E-state index contributed by atoms with van der Waals surface area (Å²) in [5.74, 6) is -0.449. The Hall–Kier alpha value is -1.59. The zero-order chi connectivity index (χ0) is 14.7. The van der Waals surface area contributed by atoms with E-state index in [-0.39, 0.29) is 5.02 Å². The van der Waals surface area contributed by atoms with Gasteiger partial charge in [-0.1, -0.05) is 11.6 Å². The Kier molecular flexibility index (Phi) is 4.62. The zero-order valence-electron chi connectivity index (χ0n) is 11.2. The maximum atomic E-state index is 13.0. The quantitative estimate of drug-likeness (QED) is 0.848. The summed E-state index contributed by atoms with van der Waals surface area (Å²) < 4.78 is 15.1. The van der Waals surface area contributed by atoms with Gasteiger partial charge in [-0.2, -0.15) is 0 Å². The van der Waals surface area contributed by atoms with Crippen molar-refractivity contribution in [2.75, 3.05) is 5.32 Å². The second kappa shape index (κ2) is 6.24. The minimum Gasteiger partial charge on any atom is -0.357 e. The zero-order valence-corrected chi connectivity index (χ0v) is 12.8. The van der Waals surface area contributed by atoms with E-state index in [1.807, 2.05) is 26.1 Å². The number of nitrogens with zero attached hydrogens (tertiary/aromatic N) is 1. The van der Waals surface area contributed by atoms with Crippen LogP contribution in [0, 0.1) is 12.7 Å². The van der Waals surface area contributed by atoms with E-state index in [1.54, 1.807) is 6.07 Å². The van der Waals surface area contributed by atoms with E-state index in [2.05, 4.69) is 15.2 Å². The number of thiocarbonyl (C=S) groups is 1. The summed E-state index contributed by atoms with van der Waals surface area (Å²) in [6.45, 7) is 2.66. The summed E-state index contributed by atoms with van der Waals surface area (Å²) in [6, 6.07) is 8.47. The second-order valence-corrected chi connectivity index (χ2v) is 5.28. The number of aromatic nitrogens is 1. The summed E-state index contributed by atoms with van der Waals surface area (Å²) in [4.78, 5) is 0. The molecule has 106 valence electrons. The summed E-state index contributed by atoms with van der Waals surface area (Å²) in [5.41, 5.74) is 2.96. The highest BCUT2D eigenvalue weighted by Crippen LogP contribution is 2.19. The van der Waals surface area contributed by atoms with Crippen molar-refractivity contribution in [1.82, 2.24) is 9.88 Å². The van der Waals surface area contributed by atoms with Gasteiger partial charge in [0, 0.05) is 24.1 Å². The van der Waals surface area contributed by atoms with Crippen LogP contribution < -0.4 is 10.6 Å². The van der Waals surface area contributed by atoms with Gasteiger partial charge in [0.05, 0.1) is 11.6 Å². The molecule has 6 heteroatoms. The van der Waals surface area contributed by atoms with Crippen molar-refractivity contribution in [3.63, 3.8) is 0 Å². The molecule has 0 saturated heterocycles. The summed E-state index contributed by atoms with van der Waals surface area (Å²) in [7, 11) is 2.00. The third-order valence-corrected chi connectivity index (χ3v) is 3.62. The molecule has 0 fully saturated rings. The van der Waals surface area contributed by atoms with E-state index in [4.69, 9.17) is 23.8 Å². The highest BCUT2D eigenvalue weighted by atomic mass is 35.5. The highest BCUT2D eigenvalue weighted by Gasteiger charge is 2.04. The molecule has 0 saturated carbocycles. The van der Waals surface area contributed by atoms with E-state index >= 15 is 0 Å². The molecule has 0 aliphatic carbocycles. The second-order valence-electron chi connectivity index (χ2n) is 4.46. The van der Waals surface area contributed by atoms with Crippen LogP contribution in [0.2, 0.25) is 5.02 Å². The third kappa shape index (κ3) is 3.49. The third-order valence-electron chi connectivity index (χ3n) is 3.08. The number of halogens is 2. The monoisotopic (exact) mass is 311 g/mol. The Morgan fingerprint density at radius 2 is 2.10 bits per heavy atom. The largest absolute Gasteiger partial charge is 0.357 e. The fourth-order valence-corrected chi connectivity index (χ4v) is 2.14. The Balaban J connectivity index is 1.92. The molecule has 0 aliphatic heterocycles. The lowest BCUT2D eigenvalue weighted by molar-refractivity contribution is 0.628. The van der Waals surface area contributed by atoms with Crippen molar-refractivity contribution in [3.8, 4) is 0 Å². The number of nitrogens with one attached hydrogen (secondary N) is 2. The number of rotatable bonds is 3. The van der Waals surface area contributed by atoms with Crippen molar-refractivity contribution in [3.05, 3.63) is 52.6 Å². The molecule has 0 radical (unpaired) electrons. The first kappa shape index (κ1) is 14.8. The number of hydrogen-bond acceptors (Lipinski definition) is 1. The molecule has 1 aromatic heterocycles. The molecule has 2 aromatic rings. The first-order valence-electron chi connectivity index (χ1n) is 6.08. The van der Waals surface area contributed by atoms with Gasteiger partial charge in [0.2, 0.25) is 0 Å². The lowest BCUT2D eigenvalue weighted by atomic mass is 10.3. The van der Waals surface area contributed by atoms with E-state index < -0.39 is 5.82 Å². The number of anilines is 1. The van der Waals surface area contributed by atoms with Crippen LogP contribution in [0.5, 0.6) is 0 Å². The van der Waals surface area contributed by atoms with Crippen LogP contribution in [0.25, 0.3) is 0 Å². The van der Waals surface area contributed by atoms with E-state index in [9.17, 15) is 4.39 Å². The van der Waals surface area contributed by atoms with Crippen molar-refractivity contribution in [1.29, 1.82) is 0 Å². The molecule has 0 aliphatic rings. The van der Waals surface area contributed by atoms with Crippen LogP contribution in [0.1, 0.15) is 11.4 Å². The molecular formula is C14H15ClFN3S. The SMILES string of the molecule is Cc1ccc(CNC(=S)Nc2ccc(F)c(Cl)c2)n1C. The van der Waals surface area contributed by atoms with E-state index in [0.717, 1.165) is 5.69 Å². The topological polar surface area (TPSA) is 29.0 Å². The van der Waals surface area contributed by atoms with Crippen LogP contribution >= 0.6 is 23.8 Å². The normalized spacial score (nSPS) is 10.4. The van der Waals surface area contributed by atoms with Crippen molar-refractivity contribution in [2.24, 2.45) is 7.05 Å². The lowest BCUT2D eigenvalue weighted by Gasteiger charge is -2.12. The van der Waals surface area contributed by atoms with Gasteiger partial charge < -0.3 is 15.2 Å². The van der Waals surface area contributed by atoms with Crippen LogP contribution in [-0.2, 0) is 13.6 Å². The van der Waals surface area contributed by atoms with Crippen LogP contribution in [0.4, 0.5) is 10.1 Å². The Morgan fingerprint density at radius 3 is 2.70 bits per heavy atom. The standard InChI is InChI=1S/C14H15ClFN3S/c1-9-3-5-11(19(9)2)8-17-14(20)18-10-4-6-13(16)12(15)7-10/h3-7H,8H2,1-2H3,(H2,17,18,20). The van der Waals surface area contributed by atoms with Gasteiger partial charge in [-0.05, 0) is 49.5 Å². The molecule has 20 heavy (non-hydrogen) atoms. The molecule has 3 nitrogen and oxygen atoms in total. The fourth-order valence-electron chi connectivity index (χ4n) is 1.76. The van der Waals surface area contributed by atoms with Gasteiger partial charge in [-0.3, -0.25) is 0 Å². The predicted octanol–water partition coefficient (Wildman–Crippen LogP) is 3.61. The summed E-state index contributed by atoms with van der Waals surface area (Å²) >= 11 is 10.9. The van der Waals surface area contributed by atoms with Crippen LogP contribution in [0.3, 0.4) is 0 Å². The molecule has 0 atom stereocenters. The maximum absolute atomic E-state index is 13.0. The van der Waals surface area contributed by atoms with Gasteiger partial charge in [-0.15, -0.1) is 0 Å². The maximum Gasteiger partial charge on any atom is 0.171 e. The van der Waals surface area contributed by atoms with Gasteiger partial charge >= 0.3 is 0 Å². The molecule has 1 heterocycles. The summed E-state index contributed by atoms with van der Waals surface area (Å²) in [6.07, 6.45) is 0. The van der Waals surface area contributed by atoms with Crippen LogP contribution in [0.15, 0.2) is 30.3 Å². The molecule has 0 spiro atoms. The highest BCUT2D eigenvalue weighted by molar-refractivity contribution is 7.80. The smallest absolute Gasteiger partial charge is 0.171 e. The van der Waals surface area contributed by atoms with Gasteiger partial charge in [0.25, 0.3) is 0 Å². The first-order valence-corrected chi connectivity index (χ1v) is 6.87. The van der Waals surface area contributed by atoms with Crippen molar-refractivity contribution < 1.29 is 4.39 Å². The number of hydrogen-bond donors (Lipinski definition) is 2. The lowest BCUT2D eigenvalue weighted by Crippen LogP contribution is -2.28. The Bertz CT molecular complexity index is 639. The predicted molar refractivity (Wildman–Crippen MR) is 84.6 cm³/mol. The van der Waals surface area contributed by atoms with Gasteiger partial charge in [0.15, 0.2) is 5.11 Å². The Labute approximate surface area is 127 Å². The minimum atomic E-state index is -0.449.